The highest BCUT2D eigenvalue weighted by molar-refractivity contribution is 6.26. The summed E-state index contributed by atoms with van der Waals surface area (Å²) in [6.07, 6.45) is 1.97. The molecule has 0 bridgehead atoms. The highest BCUT2D eigenvalue weighted by Crippen LogP contribution is 2.41. The molecule has 0 amide bonds. The van der Waals surface area contributed by atoms with Crippen molar-refractivity contribution in [2.45, 2.75) is 0 Å². The van der Waals surface area contributed by atoms with Crippen LogP contribution in [0.3, 0.4) is 0 Å². The Balaban J connectivity index is 2.07. The van der Waals surface area contributed by atoms with Gasteiger partial charge in [0.05, 0.1) is 0 Å². The summed E-state index contributed by atoms with van der Waals surface area (Å²) in [6.45, 7) is 4.05. The van der Waals surface area contributed by atoms with Gasteiger partial charge in [0.1, 0.15) is 0 Å². The van der Waals surface area contributed by atoms with Crippen molar-refractivity contribution in [3.05, 3.63) is 91.0 Å². The minimum Gasteiger partial charge on any atom is -0.0984 e. The van der Waals surface area contributed by atoms with Gasteiger partial charge >= 0.3 is 0 Å². The molecule has 0 radical (unpaired) electrons. The van der Waals surface area contributed by atoms with Crippen LogP contribution in [0.15, 0.2) is 85.4 Å². The molecule has 0 aliphatic carbocycles. The molecule has 5 rings (SSSR count). The summed E-state index contributed by atoms with van der Waals surface area (Å²) in [7, 11) is 0. The molecule has 5 aromatic rings. The van der Waals surface area contributed by atoms with Crippen molar-refractivity contribution in [3.63, 3.8) is 0 Å². The average molecular weight is 304 g/mol. The molecule has 0 N–H and O–H groups in total. The third kappa shape index (κ3) is 1.74. The first kappa shape index (κ1) is 13.3. The summed E-state index contributed by atoms with van der Waals surface area (Å²) < 4.78 is 0. The van der Waals surface area contributed by atoms with Crippen molar-refractivity contribution in [3.8, 4) is 11.1 Å². The van der Waals surface area contributed by atoms with E-state index in [9.17, 15) is 0 Å². The second-order valence-corrected chi connectivity index (χ2v) is 6.27. The summed E-state index contributed by atoms with van der Waals surface area (Å²) in [4.78, 5) is 0. The van der Waals surface area contributed by atoms with Crippen molar-refractivity contribution in [2.24, 2.45) is 0 Å². The molecule has 0 nitrogen and oxygen atoms in total. The molecular weight excluding hydrogens is 288 g/mol. The lowest BCUT2D eigenvalue weighted by atomic mass is 9.87. The van der Waals surface area contributed by atoms with E-state index in [4.69, 9.17) is 0 Å². The van der Waals surface area contributed by atoms with Crippen molar-refractivity contribution in [2.75, 3.05) is 0 Å². The molecule has 0 heterocycles. The van der Waals surface area contributed by atoms with Gasteiger partial charge in [-0.05, 0) is 55.1 Å². The minimum atomic E-state index is 1.19. The fourth-order valence-corrected chi connectivity index (χ4v) is 3.92. The zero-order valence-corrected chi connectivity index (χ0v) is 13.3. The van der Waals surface area contributed by atoms with E-state index >= 15 is 0 Å². The molecule has 0 heteroatoms. The molecule has 0 saturated carbocycles. The molecule has 0 unspecified atom stereocenters. The van der Waals surface area contributed by atoms with Gasteiger partial charge in [-0.25, -0.2) is 0 Å². The largest absolute Gasteiger partial charge is 0.0984 e. The van der Waals surface area contributed by atoms with Gasteiger partial charge in [0.25, 0.3) is 0 Å². The zero-order chi connectivity index (χ0) is 16.1. The standard InChI is InChI=1S/C24H16/c1-2-16-15-20-12-11-18-9-6-10-19-13-14-21(24(20)23(18)19)22(16)17-7-4-3-5-8-17/h2-15H,1H2. The molecule has 0 aliphatic heterocycles. The van der Waals surface area contributed by atoms with Crippen molar-refractivity contribution >= 4 is 38.4 Å². The molecule has 0 aromatic heterocycles. The SMILES string of the molecule is C=Cc1cc2ccc3cccc4ccc(c1-c1ccccc1)c2c34. The van der Waals surface area contributed by atoms with E-state index in [1.807, 2.05) is 6.08 Å². The lowest BCUT2D eigenvalue weighted by Crippen LogP contribution is -1.90. The maximum atomic E-state index is 4.05. The van der Waals surface area contributed by atoms with Crippen LogP contribution in [-0.4, -0.2) is 0 Å². The Bertz CT molecular complexity index is 1180. The second-order valence-electron chi connectivity index (χ2n) is 6.27. The van der Waals surface area contributed by atoms with Gasteiger partial charge < -0.3 is 0 Å². The van der Waals surface area contributed by atoms with E-state index in [2.05, 4.69) is 85.4 Å². The van der Waals surface area contributed by atoms with E-state index in [-0.39, 0.29) is 0 Å². The van der Waals surface area contributed by atoms with Crippen LogP contribution in [0.5, 0.6) is 0 Å². The van der Waals surface area contributed by atoms with Gasteiger partial charge in [-0.15, -0.1) is 0 Å². The van der Waals surface area contributed by atoms with Crippen molar-refractivity contribution in [1.82, 2.24) is 0 Å². The Morgan fingerprint density at radius 3 is 2.08 bits per heavy atom. The third-order valence-corrected chi connectivity index (χ3v) is 4.96. The summed E-state index contributed by atoms with van der Waals surface area (Å²) >= 11 is 0. The predicted molar refractivity (Wildman–Crippen MR) is 106 cm³/mol. The molecule has 0 atom stereocenters. The quantitative estimate of drug-likeness (QED) is 0.311. The van der Waals surface area contributed by atoms with E-state index in [0.29, 0.717) is 0 Å². The lowest BCUT2D eigenvalue weighted by Gasteiger charge is -2.16. The van der Waals surface area contributed by atoms with E-state index in [0.717, 1.165) is 0 Å². The molecule has 0 saturated heterocycles. The first-order valence-corrected chi connectivity index (χ1v) is 8.25. The van der Waals surface area contributed by atoms with Crippen LogP contribution >= 0.6 is 0 Å². The van der Waals surface area contributed by atoms with Crippen LogP contribution in [0.2, 0.25) is 0 Å². The van der Waals surface area contributed by atoms with E-state index < -0.39 is 0 Å². The number of rotatable bonds is 2. The van der Waals surface area contributed by atoms with Gasteiger partial charge in [-0.1, -0.05) is 85.5 Å². The Morgan fingerprint density at radius 2 is 1.33 bits per heavy atom. The minimum absolute atomic E-state index is 1.19. The lowest BCUT2D eigenvalue weighted by molar-refractivity contribution is 1.64. The smallest absolute Gasteiger partial charge is 0.00201 e. The summed E-state index contributed by atoms with van der Waals surface area (Å²) in [5.74, 6) is 0. The topological polar surface area (TPSA) is 0 Å². The average Bonchev–Trinajstić information content (AvgIpc) is 2.66. The predicted octanol–water partition coefficient (Wildman–Crippen LogP) is 6.89. The normalized spacial score (nSPS) is 11.5. The monoisotopic (exact) mass is 304 g/mol. The van der Waals surface area contributed by atoms with Gasteiger partial charge in [0.15, 0.2) is 0 Å². The van der Waals surface area contributed by atoms with Gasteiger partial charge in [0.2, 0.25) is 0 Å². The third-order valence-electron chi connectivity index (χ3n) is 4.96. The maximum Gasteiger partial charge on any atom is -0.00201 e. The molecule has 0 spiro atoms. The zero-order valence-electron chi connectivity index (χ0n) is 13.3. The number of benzene rings is 5. The van der Waals surface area contributed by atoms with Gasteiger partial charge in [0, 0.05) is 0 Å². The molecule has 5 aromatic carbocycles. The fourth-order valence-electron chi connectivity index (χ4n) is 3.92. The molecular formula is C24H16. The van der Waals surface area contributed by atoms with Crippen molar-refractivity contribution in [1.29, 1.82) is 0 Å². The van der Waals surface area contributed by atoms with Crippen LogP contribution in [0.1, 0.15) is 5.56 Å². The van der Waals surface area contributed by atoms with Crippen LogP contribution in [0.25, 0.3) is 49.5 Å². The Labute approximate surface area is 141 Å². The number of hydrogen-bond acceptors (Lipinski definition) is 0. The number of hydrogen-bond donors (Lipinski definition) is 0. The second kappa shape index (κ2) is 4.94. The van der Waals surface area contributed by atoms with E-state index in [1.54, 1.807) is 0 Å². The Morgan fingerprint density at radius 1 is 0.625 bits per heavy atom. The Hall–Kier alpha value is -3.12. The highest BCUT2D eigenvalue weighted by Gasteiger charge is 2.14. The van der Waals surface area contributed by atoms with E-state index in [1.165, 1.54) is 49.0 Å². The summed E-state index contributed by atoms with van der Waals surface area (Å²) in [5.41, 5.74) is 3.70. The molecule has 112 valence electrons. The van der Waals surface area contributed by atoms with Crippen molar-refractivity contribution < 1.29 is 0 Å². The van der Waals surface area contributed by atoms with Crippen LogP contribution in [-0.2, 0) is 0 Å². The van der Waals surface area contributed by atoms with Gasteiger partial charge in [-0.2, -0.15) is 0 Å². The maximum absolute atomic E-state index is 4.05. The van der Waals surface area contributed by atoms with Crippen LogP contribution < -0.4 is 0 Å². The molecule has 24 heavy (non-hydrogen) atoms. The van der Waals surface area contributed by atoms with Gasteiger partial charge in [-0.3, -0.25) is 0 Å². The first-order valence-electron chi connectivity index (χ1n) is 8.25. The first-order chi connectivity index (χ1) is 11.9. The molecule has 0 fully saturated rings. The summed E-state index contributed by atoms with van der Waals surface area (Å²) in [5, 5.41) is 7.91. The summed E-state index contributed by atoms with van der Waals surface area (Å²) in [6, 6.07) is 28.4. The van der Waals surface area contributed by atoms with Crippen LogP contribution in [0.4, 0.5) is 0 Å². The fraction of sp³-hybridized carbons (Fsp3) is 0. The highest BCUT2D eigenvalue weighted by atomic mass is 14.2. The Kier molecular flexibility index (Phi) is 2.74. The molecule has 0 aliphatic rings. The van der Waals surface area contributed by atoms with Crippen LogP contribution in [0, 0.1) is 0 Å².